The van der Waals surface area contributed by atoms with Crippen molar-refractivity contribution in [1.82, 2.24) is 0 Å². The van der Waals surface area contributed by atoms with Crippen LogP contribution >= 0.6 is 0 Å². The number of rotatable bonds is 43. The van der Waals surface area contributed by atoms with E-state index in [1.807, 2.05) is 21.1 Å². The molecule has 8 nitrogen and oxygen atoms in total. The van der Waals surface area contributed by atoms with Crippen molar-refractivity contribution in [2.75, 3.05) is 41.0 Å². The predicted octanol–water partition coefficient (Wildman–Crippen LogP) is 13.8. The fourth-order valence-electron chi connectivity index (χ4n) is 6.95. The van der Waals surface area contributed by atoms with Crippen molar-refractivity contribution in [1.29, 1.82) is 0 Å². The molecule has 0 spiro atoms. The number of carbonyl (C=O) groups is 3. The summed E-state index contributed by atoms with van der Waals surface area (Å²) in [6.45, 7) is 4.58. The minimum absolute atomic E-state index is 0.0382. The number of allylic oxidation sites excluding steroid dienone is 10. The van der Waals surface area contributed by atoms with Gasteiger partial charge in [-0.1, -0.05) is 190 Å². The van der Waals surface area contributed by atoms with Crippen LogP contribution in [0.2, 0.25) is 0 Å². The van der Waals surface area contributed by atoms with Crippen molar-refractivity contribution >= 4 is 17.9 Å². The van der Waals surface area contributed by atoms with Crippen LogP contribution in [-0.4, -0.2) is 80.6 Å². The molecule has 0 radical (unpaired) electrons. The second-order valence-corrected chi connectivity index (χ2v) is 17.3. The minimum Gasteiger partial charge on any atom is -0.477 e. The number of ether oxygens (including phenoxy) is 3. The zero-order valence-electron chi connectivity index (χ0n) is 39.4. The number of hydrogen-bond donors (Lipinski definition) is 1. The van der Waals surface area contributed by atoms with Crippen LogP contribution in [0.25, 0.3) is 0 Å². The van der Waals surface area contributed by atoms with Crippen LogP contribution in [0.5, 0.6) is 0 Å². The molecule has 0 aliphatic carbocycles. The molecule has 0 aliphatic heterocycles. The van der Waals surface area contributed by atoms with Crippen LogP contribution in [-0.2, 0) is 28.6 Å². The van der Waals surface area contributed by atoms with Crippen molar-refractivity contribution < 1.29 is 38.2 Å². The Morgan fingerprint density at radius 3 is 1.37 bits per heavy atom. The lowest BCUT2D eigenvalue weighted by Crippen LogP contribution is -2.50. The van der Waals surface area contributed by atoms with Gasteiger partial charge in [0.1, 0.15) is 6.61 Å². The maximum absolute atomic E-state index is 12.7. The van der Waals surface area contributed by atoms with E-state index in [2.05, 4.69) is 74.6 Å². The molecule has 8 heteroatoms. The largest absolute Gasteiger partial charge is 0.477 e. The zero-order valence-corrected chi connectivity index (χ0v) is 39.4. The third kappa shape index (κ3) is 40.4. The molecule has 0 saturated carbocycles. The number of hydrogen-bond acceptors (Lipinski definition) is 6. The molecule has 2 atom stereocenters. The molecule has 60 heavy (non-hydrogen) atoms. The van der Waals surface area contributed by atoms with E-state index in [-0.39, 0.29) is 42.7 Å². The van der Waals surface area contributed by atoms with Gasteiger partial charge in [0.25, 0.3) is 0 Å². The summed E-state index contributed by atoms with van der Waals surface area (Å²) >= 11 is 0. The van der Waals surface area contributed by atoms with E-state index >= 15 is 0 Å². The molecular weight excluding hydrogens is 751 g/mol. The number of carboxylic acid groups (broad SMARTS) is 1. The van der Waals surface area contributed by atoms with E-state index in [1.54, 1.807) is 0 Å². The van der Waals surface area contributed by atoms with Crippen LogP contribution in [0, 0.1) is 0 Å². The number of aliphatic carboxylic acids is 1. The van der Waals surface area contributed by atoms with Crippen LogP contribution in [0.1, 0.15) is 200 Å². The van der Waals surface area contributed by atoms with Gasteiger partial charge in [0, 0.05) is 19.3 Å². The summed E-state index contributed by atoms with van der Waals surface area (Å²) in [5, 5.41) is 9.64. The highest BCUT2D eigenvalue weighted by Crippen LogP contribution is 2.16. The Balaban J connectivity index is 4.34. The first-order valence-electron chi connectivity index (χ1n) is 24.3. The number of carbonyl (C=O) groups excluding carboxylic acids is 2. The van der Waals surface area contributed by atoms with Crippen molar-refractivity contribution in [3.8, 4) is 0 Å². The topological polar surface area (TPSA) is 99.1 Å². The Morgan fingerprint density at radius 2 is 0.933 bits per heavy atom. The van der Waals surface area contributed by atoms with Gasteiger partial charge in [-0.15, -0.1) is 0 Å². The molecule has 0 rings (SSSR count). The van der Waals surface area contributed by atoms with Crippen LogP contribution in [0.15, 0.2) is 60.8 Å². The Morgan fingerprint density at radius 1 is 0.517 bits per heavy atom. The van der Waals surface area contributed by atoms with Crippen LogP contribution < -0.4 is 0 Å². The Kier molecular flexibility index (Phi) is 40.6. The standard InChI is InChI=1S/C52H91NO7/c1-6-8-10-12-14-16-18-20-22-24-25-27-28-30-32-34-36-38-40-42-50(54)59-47-48(46-58-45-44-49(52(56)57)53(3,4)5)60-51(55)43-41-39-37-35-33-31-29-26-23-21-19-17-15-13-11-9-7-2/h9,11,15,17,21,23,29,31,35,37,48-49H,6-8,10,12-14,16,18-20,22,24-28,30,32-34,36,38-47H2,1-5H3/p+1/b11-9+,17-15+,23-21+,31-29+,37-35+. The van der Waals surface area contributed by atoms with E-state index < -0.39 is 18.1 Å². The number of carboxylic acids is 1. The van der Waals surface area contributed by atoms with Crippen LogP contribution in [0.3, 0.4) is 0 Å². The highest BCUT2D eigenvalue weighted by Gasteiger charge is 2.31. The summed E-state index contributed by atoms with van der Waals surface area (Å²) < 4.78 is 17.3. The average Bonchev–Trinajstić information content (AvgIpc) is 3.21. The van der Waals surface area contributed by atoms with E-state index in [9.17, 15) is 19.5 Å². The molecule has 2 unspecified atom stereocenters. The summed E-state index contributed by atoms with van der Waals surface area (Å²) in [5.41, 5.74) is 0. The number of unbranched alkanes of at least 4 members (excludes halogenated alkanes) is 19. The maximum atomic E-state index is 12.7. The SMILES string of the molecule is CC/C=C/C/C=C/C/C=C/C/C=C/C/C=C/CCCC(=O)OC(COCCC(C(=O)O)[N+](C)(C)C)COC(=O)CCCCCCCCCCCCCCCCCCCCC. The number of esters is 2. The highest BCUT2D eigenvalue weighted by atomic mass is 16.6. The third-order valence-electron chi connectivity index (χ3n) is 10.7. The van der Waals surface area contributed by atoms with Gasteiger partial charge in [-0.3, -0.25) is 9.59 Å². The van der Waals surface area contributed by atoms with Crippen molar-refractivity contribution in [2.45, 2.75) is 212 Å². The van der Waals surface area contributed by atoms with Gasteiger partial charge in [0.05, 0.1) is 34.4 Å². The van der Waals surface area contributed by atoms with Crippen molar-refractivity contribution in [3.05, 3.63) is 60.8 Å². The van der Waals surface area contributed by atoms with Gasteiger partial charge in [-0.05, 0) is 51.4 Å². The third-order valence-corrected chi connectivity index (χ3v) is 10.7. The number of quaternary nitrogens is 1. The van der Waals surface area contributed by atoms with Gasteiger partial charge in [-0.2, -0.15) is 0 Å². The molecule has 0 saturated heterocycles. The normalized spacial score (nSPS) is 13.4. The summed E-state index contributed by atoms with van der Waals surface area (Å²) in [5.74, 6) is -1.54. The lowest BCUT2D eigenvalue weighted by molar-refractivity contribution is -0.887. The van der Waals surface area contributed by atoms with Gasteiger partial charge < -0.3 is 23.8 Å². The zero-order chi connectivity index (χ0) is 44.2. The van der Waals surface area contributed by atoms with E-state index in [1.165, 1.54) is 103 Å². The first-order valence-corrected chi connectivity index (χ1v) is 24.3. The molecular formula is C52H92NO7+. The predicted molar refractivity (Wildman–Crippen MR) is 252 cm³/mol. The fraction of sp³-hybridized carbons (Fsp3) is 0.750. The van der Waals surface area contributed by atoms with E-state index in [0.29, 0.717) is 19.3 Å². The summed E-state index contributed by atoms with van der Waals surface area (Å²) in [6, 6.07) is -0.626. The van der Waals surface area contributed by atoms with Gasteiger partial charge >= 0.3 is 17.9 Å². The summed E-state index contributed by atoms with van der Waals surface area (Å²) in [4.78, 5) is 37.1. The van der Waals surface area contributed by atoms with Gasteiger partial charge in [-0.25, -0.2) is 4.79 Å². The smallest absolute Gasteiger partial charge is 0.362 e. The molecule has 0 bridgehead atoms. The van der Waals surface area contributed by atoms with Crippen molar-refractivity contribution in [2.24, 2.45) is 0 Å². The lowest BCUT2D eigenvalue weighted by atomic mass is 10.0. The molecule has 0 amide bonds. The molecule has 0 aliphatic rings. The maximum Gasteiger partial charge on any atom is 0.362 e. The minimum atomic E-state index is -0.884. The number of likely N-dealkylation sites (N-methyl/N-ethyl adjacent to an activating group) is 1. The fourth-order valence-corrected chi connectivity index (χ4v) is 6.95. The second kappa shape index (κ2) is 42.7. The first-order chi connectivity index (χ1) is 29.1. The average molecular weight is 843 g/mol. The monoisotopic (exact) mass is 843 g/mol. The highest BCUT2D eigenvalue weighted by molar-refractivity contribution is 5.72. The molecule has 0 aromatic carbocycles. The molecule has 0 heterocycles. The molecule has 346 valence electrons. The molecule has 0 aromatic rings. The Bertz CT molecular complexity index is 1170. The molecule has 0 fully saturated rings. The Hall–Kier alpha value is -2.97. The van der Waals surface area contributed by atoms with E-state index in [4.69, 9.17) is 14.2 Å². The number of nitrogens with zero attached hydrogens (tertiary/aromatic N) is 1. The van der Waals surface area contributed by atoms with E-state index in [0.717, 1.165) is 57.8 Å². The summed E-state index contributed by atoms with van der Waals surface area (Å²) in [7, 11) is 5.51. The van der Waals surface area contributed by atoms with Crippen LogP contribution in [0.4, 0.5) is 0 Å². The second-order valence-electron chi connectivity index (χ2n) is 17.3. The molecule has 0 aromatic heterocycles. The Labute approximate surface area is 368 Å². The summed E-state index contributed by atoms with van der Waals surface area (Å²) in [6.07, 6.45) is 52.8. The first kappa shape index (κ1) is 57.0. The lowest BCUT2D eigenvalue weighted by Gasteiger charge is -2.31. The quantitative estimate of drug-likeness (QED) is 0.0282. The molecule has 1 N–H and O–H groups in total. The van der Waals surface area contributed by atoms with Gasteiger partial charge in [0.2, 0.25) is 0 Å². The van der Waals surface area contributed by atoms with Gasteiger partial charge in [0.15, 0.2) is 12.1 Å². The van der Waals surface area contributed by atoms with Crippen molar-refractivity contribution in [3.63, 3.8) is 0 Å².